The van der Waals surface area contributed by atoms with Gasteiger partial charge in [-0.2, -0.15) is 5.26 Å². The van der Waals surface area contributed by atoms with Crippen molar-refractivity contribution < 1.29 is 4.74 Å². The zero-order valence-corrected chi connectivity index (χ0v) is 15.9. The molecule has 1 heterocycles. The maximum atomic E-state index is 9.23. The van der Waals surface area contributed by atoms with Crippen LogP contribution in [0.1, 0.15) is 22.5 Å². The second-order valence-corrected chi connectivity index (χ2v) is 6.90. The standard InChI is InChI=1S/C21H20N4OS/c1-3-11-25-20(14-26-19-10-6-7-16(2)12-19)23-24-21(25)27-15-18-9-5-4-8-17(18)13-22/h3-10,12H,1,11,14-15H2,2H3. The number of nitriles is 1. The van der Waals surface area contributed by atoms with Crippen LogP contribution in [0.15, 0.2) is 66.3 Å². The van der Waals surface area contributed by atoms with Gasteiger partial charge in [0.15, 0.2) is 11.0 Å². The Bertz CT molecular complexity index is 974. The summed E-state index contributed by atoms with van der Waals surface area (Å²) >= 11 is 1.55. The van der Waals surface area contributed by atoms with E-state index in [1.54, 1.807) is 11.8 Å². The first-order valence-electron chi connectivity index (χ1n) is 8.54. The predicted molar refractivity (Wildman–Crippen MR) is 106 cm³/mol. The number of nitrogens with zero attached hydrogens (tertiary/aromatic N) is 4. The summed E-state index contributed by atoms with van der Waals surface area (Å²) in [5.41, 5.74) is 2.81. The van der Waals surface area contributed by atoms with E-state index in [9.17, 15) is 5.26 Å². The van der Waals surface area contributed by atoms with E-state index in [1.807, 2.05) is 66.1 Å². The molecule has 3 rings (SSSR count). The van der Waals surface area contributed by atoms with Gasteiger partial charge in [0.05, 0.1) is 11.6 Å². The zero-order valence-electron chi connectivity index (χ0n) is 15.1. The smallest absolute Gasteiger partial charge is 0.191 e. The third-order valence-electron chi connectivity index (χ3n) is 3.96. The van der Waals surface area contributed by atoms with Crippen molar-refractivity contribution in [3.05, 3.63) is 83.7 Å². The maximum absolute atomic E-state index is 9.23. The first-order chi connectivity index (χ1) is 13.2. The van der Waals surface area contributed by atoms with Crippen molar-refractivity contribution in [2.24, 2.45) is 0 Å². The van der Waals surface area contributed by atoms with Crippen LogP contribution < -0.4 is 4.74 Å². The highest BCUT2D eigenvalue weighted by Gasteiger charge is 2.13. The molecule has 1 aromatic heterocycles. The first-order valence-corrected chi connectivity index (χ1v) is 9.53. The minimum absolute atomic E-state index is 0.333. The third kappa shape index (κ3) is 4.78. The van der Waals surface area contributed by atoms with E-state index in [1.165, 1.54) is 0 Å². The molecule has 0 saturated heterocycles. The molecule has 6 heteroatoms. The Kier molecular flexibility index (Phi) is 6.29. The largest absolute Gasteiger partial charge is 0.486 e. The topological polar surface area (TPSA) is 63.7 Å². The SMILES string of the molecule is C=CCn1c(COc2cccc(C)c2)nnc1SCc1ccccc1C#N. The second kappa shape index (κ2) is 9.06. The molecule has 0 fully saturated rings. The van der Waals surface area contributed by atoms with Crippen LogP contribution in [-0.4, -0.2) is 14.8 Å². The lowest BCUT2D eigenvalue weighted by Crippen LogP contribution is -2.07. The molecule has 136 valence electrons. The quantitative estimate of drug-likeness (QED) is 0.427. The van der Waals surface area contributed by atoms with Crippen LogP contribution in [-0.2, 0) is 18.9 Å². The number of hydrogen-bond donors (Lipinski definition) is 0. The Morgan fingerprint density at radius 3 is 2.85 bits per heavy atom. The van der Waals surface area contributed by atoms with E-state index in [4.69, 9.17) is 4.74 Å². The van der Waals surface area contributed by atoms with Gasteiger partial charge in [-0.05, 0) is 36.2 Å². The molecule has 2 aromatic carbocycles. The fourth-order valence-electron chi connectivity index (χ4n) is 2.60. The highest BCUT2D eigenvalue weighted by molar-refractivity contribution is 7.98. The summed E-state index contributed by atoms with van der Waals surface area (Å²) in [7, 11) is 0. The fourth-order valence-corrected chi connectivity index (χ4v) is 3.57. The predicted octanol–water partition coefficient (Wildman–Crippen LogP) is 4.52. The van der Waals surface area contributed by atoms with Crippen molar-refractivity contribution in [1.82, 2.24) is 14.8 Å². The van der Waals surface area contributed by atoms with Gasteiger partial charge in [0.25, 0.3) is 0 Å². The average Bonchev–Trinajstić information content (AvgIpc) is 3.07. The lowest BCUT2D eigenvalue weighted by Gasteiger charge is -2.10. The number of allylic oxidation sites excluding steroid dienone is 1. The number of rotatable bonds is 8. The monoisotopic (exact) mass is 376 g/mol. The Balaban J connectivity index is 1.72. The summed E-state index contributed by atoms with van der Waals surface area (Å²) in [4.78, 5) is 0. The number of aromatic nitrogens is 3. The van der Waals surface area contributed by atoms with Crippen molar-refractivity contribution >= 4 is 11.8 Å². The van der Waals surface area contributed by atoms with E-state index in [-0.39, 0.29) is 0 Å². The highest BCUT2D eigenvalue weighted by atomic mass is 32.2. The van der Waals surface area contributed by atoms with Crippen molar-refractivity contribution in [2.75, 3.05) is 0 Å². The number of ether oxygens (including phenoxy) is 1. The number of thioether (sulfide) groups is 1. The van der Waals surface area contributed by atoms with Gasteiger partial charge in [-0.15, -0.1) is 16.8 Å². The fraction of sp³-hybridized carbons (Fsp3) is 0.190. The van der Waals surface area contributed by atoms with Crippen LogP contribution in [0.25, 0.3) is 0 Å². The Morgan fingerprint density at radius 1 is 1.22 bits per heavy atom. The molecule has 0 unspecified atom stereocenters. The van der Waals surface area contributed by atoms with Crippen molar-refractivity contribution in [1.29, 1.82) is 5.26 Å². The van der Waals surface area contributed by atoms with Crippen LogP contribution in [0, 0.1) is 18.3 Å². The van der Waals surface area contributed by atoms with Crippen LogP contribution in [0.4, 0.5) is 0 Å². The van der Waals surface area contributed by atoms with Gasteiger partial charge in [-0.3, -0.25) is 4.57 Å². The summed E-state index contributed by atoms with van der Waals surface area (Å²) in [5, 5.41) is 18.6. The van der Waals surface area contributed by atoms with E-state index in [0.29, 0.717) is 24.5 Å². The summed E-state index contributed by atoms with van der Waals surface area (Å²) in [6.45, 7) is 6.78. The molecule has 0 spiro atoms. The third-order valence-corrected chi connectivity index (χ3v) is 4.97. The molecule has 0 saturated carbocycles. The molecule has 0 radical (unpaired) electrons. The minimum atomic E-state index is 0.333. The highest BCUT2D eigenvalue weighted by Crippen LogP contribution is 2.24. The van der Waals surface area contributed by atoms with Gasteiger partial charge in [-0.25, -0.2) is 0 Å². The molecule has 27 heavy (non-hydrogen) atoms. The van der Waals surface area contributed by atoms with E-state index in [2.05, 4.69) is 22.8 Å². The number of benzene rings is 2. The second-order valence-electron chi connectivity index (χ2n) is 5.96. The maximum Gasteiger partial charge on any atom is 0.191 e. The van der Waals surface area contributed by atoms with Crippen LogP contribution in [0.2, 0.25) is 0 Å². The van der Waals surface area contributed by atoms with Gasteiger partial charge in [0.2, 0.25) is 0 Å². The minimum Gasteiger partial charge on any atom is -0.486 e. The molecular formula is C21H20N4OS. The Morgan fingerprint density at radius 2 is 2.07 bits per heavy atom. The van der Waals surface area contributed by atoms with Gasteiger partial charge in [-0.1, -0.05) is 48.2 Å². The normalized spacial score (nSPS) is 10.4. The van der Waals surface area contributed by atoms with Gasteiger partial charge >= 0.3 is 0 Å². The number of aryl methyl sites for hydroxylation is 1. The average molecular weight is 376 g/mol. The van der Waals surface area contributed by atoms with Crippen LogP contribution in [0.3, 0.4) is 0 Å². The molecule has 0 atom stereocenters. The summed E-state index contributed by atoms with van der Waals surface area (Å²) < 4.78 is 7.85. The van der Waals surface area contributed by atoms with Crippen molar-refractivity contribution in [3.63, 3.8) is 0 Å². The zero-order chi connectivity index (χ0) is 19.1. The Hall–Kier alpha value is -3.04. The molecule has 0 aliphatic heterocycles. The summed E-state index contributed by atoms with van der Waals surface area (Å²) in [5.74, 6) is 2.20. The summed E-state index contributed by atoms with van der Waals surface area (Å²) in [6, 6.07) is 17.7. The molecule has 5 nitrogen and oxygen atoms in total. The Labute approximate surface area is 163 Å². The van der Waals surface area contributed by atoms with E-state index in [0.717, 1.165) is 27.9 Å². The molecule has 0 N–H and O–H groups in total. The molecule has 0 aliphatic carbocycles. The van der Waals surface area contributed by atoms with Gasteiger partial charge in [0, 0.05) is 12.3 Å². The lowest BCUT2D eigenvalue weighted by atomic mass is 10.1. The summed E-state index contributed by atoms with van der Waals surface area (Å²) in [6.07, 6.45) is 1.81. The van der Waals surface area contributed by atoms with Crippen LogP contribution in [0.5, 0.6) is 5.75 Å². The molecule has 3 aromatic rings. The lowest BCUT2D eigenvalue weighted by molar-refractivity contribution is 0.289. The van der Waals surface area contributed by atoms with Crippen LogP contribution >= 0.6 is 11.8 Å². The molecule has 0 bridgehead atoms. The molecule has 0 aliphatic rings. The van der Waals surface area contributed by atoms with Crippen molar-refractivity contribution in [3.8, 4) is 11.8 Å². The van der Waals surface area contributed by atoms with Gasteiger partial charge in [0.1, 0.15) is 12.4 Å². The molecular weight excluding hydrogens is 356 g/mol. The first kappa shape index (κ1) is 18.7. The van der Waals surface area contributed by atoms with E-state index < -0.39 is 0 Å². The molecule has 0 amide bonds. The van der Waals surface area contributed by atoms with Crippen molar-refractivity contribution in [2.45, 2.75) is 31.0 Å². The number of hydrogen-bond acceptors (Lipinski definition) is 5. The van der Waals surface area contributed by atoms with Gasteiger partial charge < -0.3 is 4.74 Å². The van der Waals surface area contributed by atoms with E-state index >= 15 is 0 Å².